The first-order valence-corrected chi connectivity index (χ1v) is 7.10. The number of pyridine rings is 1. The van der Waals surface area contributed by atoms with Crippen LogP contribution in [0.25, 0.3) is 11.3 Å². The second kappa shape index (κ2) is 6.14. The number of benzene rings is 1. The van der Waals surface area contributed by atoms with Gasteiger partial charge in [0, 0.05) is 16.8 Å². The van der Waals surface area contributed by atoms with Gasteiger partial charge in [0.05, 0.1) is 22.8 Å². The van der Waals surface area contributed by atoms with Gasteiger partial charge in [-0.15, -0.1) is 0 Å². The van der Waals surface area contributed by atoms with Crippen LogP contribution < -0.4 is 0 Å². The molecule has 0 aliphatic carbocycles. The maximum Gasteiger partial charge on any atom is 0.137 e. The second-order valence-electron chi connectivity index (χ2n) is 4.52. The van der Waals surface area contributed by atoms with Gasteiger partial charge in [0.1, 0.15) is 18.7 Å². The lowest BCUT2D eigenvalue weighted by atomic mass is 10.0. The fraction of sp³-hybridized carbons (Fsp3) is 0.0667. The molecule has 0 aliphatic rings. The summed E-state index contributed by atoms with van der Waals surface area (Å²) >= 11 is 12.1. The number of aromatic nitrogens is 4. The molecule has 0 saturated heterocycles. The molecule has 0 atom stereocenters. The van der Waals surface area contributed by atoms with Crippen molar-refractivity contribution in [1.29, 1.82) is 5.26 Å². The lowest BCUT2D eigenvalue weighted by Gasteiger charge is -2.10. The Morgan fingerprint density at radius 2 is 2.09 bits per heavy atom. The Kier molecular flexibility index (Phi) is 4.05. The smallest absolute Gasteiger partial charge is 0.137 e. The van der Waals surface area contributed by atoms with E-state index in [1.165, 1.54) is 6.33 Å². The number of hydrogen-bond donors (Lipinski definition) is 0. The Hall–Kier alpha value is -2.42. The van der Waals surface area contributed by atoms with Gasteiger partial charge in [-0.05, 0) is 29.8 Å². The van der Waals surface area contributed by atoms with Gasteiger partial charge in [0.2, 0.25) is 0 Å². The zero-order chi connectivity index (χ0) is 15.5. The van der Waals surface area contributed by atoms with E-state index >= 15 is 0 Å². The maximum absolute atomic E-state index is 9.53. The predicted molar refractivity (Wildman–Crippen MR) is 83.5 cm³/mol. The molecule has 2 heterocycles. The van der Waals surface area contributed by atoms with E-state index in [-0.39, 0.29) is 0 Å². The van der Waals surface area contributed by atoms with Crippen molar-refractivity contribution < 1.29 is 0 Å². The summed E-state index contributed by atoms with van der Waals surface area (Å²) in [5.74, 6) is 0. The molecule has 0 unspecified atom stereocenters. The molecule has 0 spiro atoms. The van der Waals surface area contributed by atoms with Gasteiger partial charge in [-0.1, -0.05) is 23.2 Å². The topological polar surface area (TPSA) is 67.4 Å². The molecule has 7 heteroatoms. The van der Waals surface area contributed by atoms with E-state index in [1.54, 1.807) is 41.5 Å². The van der Waals surface area contributed by atoms with E-state index in [2.05, 4.69) is 21.1 Å². The van der Waals surface area contributed by atoms with Crippen LogP contribution in [0.15, 0.2) is 43.1 Å². The molecule has 0 bridgehead atoms. The Bertz CT molecular complexity index is 853. The van der Waals surface area contributed by atoms with Crippen LogP contribution in [0.5, 0.6) is 0 Å². The van der Waals surface area contributed by atoms with E-state index in [0.29, 0.717) is 33.4 Å². The normalized spacial score (nSPS) is 10.4. The number of nitriles is 1. The molecule has 3 rings (SSSR count). The average Bonchev–Trinajstić information content (AvgIpc) is 3.00. The van der Waals surface area contributed by atoms with Gasteiger partial charge in [-0.2, -0.15) is 10.4 Å². The SMILES string of the molecule is N#Cc1c(Cn2cncn2)ccnc1-c1ccc(Cl)cc1Cl. The number of rotatable bonds is 3. The molecule has 5 nitrogen and oxygen atoms in total. The first-order chi connectivity index (χ1) is 10.7. The highest BCUT2D eigenvalue weighted by atomic mass is 35.5. The van der Waals surface area contributed by atoms with Crippen molar-refractivity contribution in [2.75, 3.05) is 0 Å². The van der Waals surface area contributed by atoms with Gasteiger partial charge in [0.25, 0.3) is 0 Å². The van der Waals surface area contributed by atoms with Crippen LogP contribution in [0.1, 0.15) is 11.1 Å². The summed E-state index contributed by atoms with van der Waals surface area (Å²) in [5, 5.41) is 14.6. The molecule has 108 valence electrons. The van der Waals surface area contributed by atoms with Crippen molar-refractivity contribution in [3.8, 4) is 17.3 Å². The van der Waals surface area contributed by atoms with Crippen molar-refractivity contribution in [3.05, 3.63) is 64.3 Å². The minimum Gasteiger partial charge on any atom is -0.255 e. The lowest BCUT2D eigenvalue weighted by Crippen LogP contribution is -2.04. The monoisotopic (exact) mass is 329 g/mol. The molecule has 0 radical (unpaired) electrons. The van der Waals surface area contributed by atoms with Crippen LogP contribution in [0, 0.1) is 11.3 Å². The molecule has 2 aromatic heterocycles. The van der Waals surface area contributed by atoms with Gasteiger partial charge < -0.3 is 0 Å². The summed E-state index contributed by atoms with van der Waals surface area (Å²) in [5.41, 5.74) is 2.45. The summed E-state index contributed by atoms with van der Waals surface area (Å²) in [7, 11) is 0. The Morgan fingerprint density at radius 3 is 2.77 bits per heavy atom. The minimum atomic E-state index is 0.434. The molecular formula is C15H9Cl2N5. The average molecular weight is 330 g/mol. The molecule has 22 heavy (non-hydrogen) atoms. The molecule has 0 fully saturated rings. The highest BCUT2D eigenvalue weighted by molar-refractivity contribution is 6.36. The van der Waals surface area contributed by atoms with Crippen LogP contribution >= 0.6 is 23.2 Å². The van der Waals surface area contributed by atoms with Crippen LogP contribution in [0.3, 0.4) is 0 Å². The molecule has 0 N–H and O–H groups in total. The van der Waals surface area contributed by atoms with Crippen molar-refractivity contribution in [2.24, 2.45) is 0 Å². The van der Waals surface area contributed by atoms with Gasteiger partial charge in [-0.3, -0.25) is 4.98 Å². The van der Waals surface area contributed by atoms with Crippen molar-refractivity contribution >= 4 is 23.2 Å². The van der Waals surface area contributed by atoms with E-state index in [4.69, 9.17) is 23.2 Å². The quantitative estimate of drug-likeness (QED) is 0.736. The third kappa shape index (κ3) is 2.80. The Morgan fingerprint density at radius 1 is 1.23 bits per heavy atom. The third-order valence-corrected chi connectivity index (χ3v) is 3.68. The number of nitrogens with zero attached hydrogens (tertiary/aromatic N) is 5. The lowest BCUT2D eigenvalue weighted by molar-refractivity contribution is 0.683. The minimum absolute atomic E-state index is 0.434. The Labute approximate surface area is 136 Å². The van der Waals surface area contributed by atoms with Gasteiger partial charge in [-0.25, -0.2) is 9.67 Å². The molecule has 0 aliphatic heterocycles. The standard InChI is InChI=1S/C15H9Cl2N5/c16-11-1-2-12(14(17)5-11)15-13(6-18)10(3-4-20-15)7-22-9-19-8-21-22/h1-5,8-9H,7H2. The van der Waals surface area contributed by atoms with Crippen molar-refractivity contribution in [2.45, 2.75) is 6.54 Å². The first-order valence-electron chi connectivity index (χ1n) is 6.35. The van der Waals surface area contributed by atoms with E-state index in [9.17, 15) is 5.26 Å². The molecule has 0 amide bonds. The van der Waals surface area contributed by atoms with Crippen LogP contribution in [0.2, 0.25) is 10.0 Å². The van der Waals surface area contributed by atoms with Crippen molar-refractivity contribution in [3.63, 3.8) is 0 Å². The van der Waals surface area contributed by atoms with E-state index < -0.39 is 0 Å². The molecular weight excluding hydrogens is 321 g/mol. The summed E-state index contributed by atoms with van der Waals surface area (Å²) in [6.07, 6.45) is 4.69. The highest BCUT2D eigenvalue weighted by Gasteiger charge is 2.14. The fourth-order valence-electron chi connectivity index (χ4n) is 2.13. The van der Waals surface area contributed by atoms with Crippen LogP contribution in [-0.2, 0) is 6.54 Å². The zero-order valence-corrected chi connectivity index (χ0v) is 12.8. The molecule has 0 saturated carbocycles. The summed E-state index contributed by atoms with van der Waals surface area (Å²) in [4.78, 5) is 8.20. The van der Waals surface area contributed by atoms with Crippen molar-refractivity contribution in [1.82, 2.24) is 19.7 Å². The van der Waals surface area contributed by atoms with Crippen LogP contribution in [0.4, 0.5) is 0 Å². The predicted octanol–water partition coefficient (Wildman–Crippen LogP) is 3.57. The first kappa shape index (κ1) is 14.5. The van der Waals surface area contributed by atoms with Crippen LogP contribution in [-0.4, -0.2) is 19.7 Å². The van der Waals surface area contributed by atoms with E-state index in [0.717, 1.165) is 5.56 Å². The zero-order valence-electron chi connectivity index (χ0n) is 11.2. The maximum atomic E-state index is 9.53. The molecule has 1 aromatic carbocycles. The third-order valence-electron chi connectivity index (χ3n) is 3.13. The number of hydrogen-bond acceptors (Lipinski definition) is 4. The van der Waals surface area contributed by atoms with E-state index in [1.807, 2.05) is 0 Å². The largest absolute Gasteiger partial charge is 0.255 e. The summed E-state index contributed by atoms with van der Waals surface area (Å²) in [6, 6.07) is 9.09. The second-order valence-corrected chi connectivity index (χ2v) is 5.37. The molecule has 3 aromatic rings. The Balaban J connectivity index is 2.11. The highest BCUT2D eigenvalue weighted by Crippen LogP contribution is 2.32. The summed E-state index contributed by atoms with van der Waals surface area (Å²) < 4.78 is 1.64. The number of halogens is 2. The van der Waals surface area contributed by atoms with Gasteiger partial charge in [0.15, 0.2) is 0 Å². The summed E-state index contributed by atoms with van der Waals surface area (Å²) in [6.45, 7) is 0.434. The van der Waals surface area contributed by atoms with Gasteiger partial charge >= 0.3 is 0 Å². The fourth-order valence-corrected chi connectivity index (χ4v) is 2.63.